The van der Waals surface area contributed by atoms with E-state index in [1.807, 2.05) is 37.3 Å². The molecule has 3 aromatic rings. The SMILES string of the molecule is CC(NS(=O)(=O)c1ccc2ccccc2c1)c1ccncc1. The molecule has 1 atom stereocenters. The number of benzene rings is 2. The van der Waals surface area contributed by atoms with Crippen molar-refractivity contribution in [3.8, 4) is 0 Å². The molecule has 0 bridgehead atoms. The first-order valence-electron chi connectivity index (χ1n) is 6.97. The van der Waals surface area contributed by atoms with Crippen molar-refractivity contribution in [1.82, 2.24) is 9.71 Å². The third kappa shape index (κ3) is 3.00. The fourth-order valence-electron chi connectivity index (χ4n) is 2.36. The van der Waals surface area contributed by atoms with Crippen LogP contribution in [0.15, 0.2) is 71.9 Å². The number of nitrogens with zero attached hydrogens (tertiary/aromatic N) is 1. The van der Waals surface area contributed by atoms with Gasteiger partial charge in [-0.05, 0) is 47.5 Å². The Labute approximate surface area is 129 Å². The minimum absolute atomic E-state index is 0.270. The van der Waals surface area contributed by atoms with Gasteiger partial charge < -0.3 is 0 Å². The Kier molecular flexibility index (Phi) is 3.92. The van der Waals surface area contributed by atoms with E-state index in [2.05, 4.69) is 9.71 Å². The summed E-state index contributed by atoms with van der Waals surface area (Å²) in [6, 6.07) is 16.1. The maximum absolute atomic E-state index is 12.5. The predicted octanol–water partition coefficient (Wildman–Crippen LogP) is 3.27. The monoisotopic (exact) mass is 312 g/mol. The molecule has 0 aliphatic rings. The molecule has 112 valence electrons. The van der Waals surface area contributed by atoms with E-state index in [4.69, 9.17) is 0 Å². The van der Waals surface area contributed by atoms with Gasteiger partial charge in [0.05, 0.1) is 4.90 Å². The lowest BCUT2D eigenvalue weighted by molar-refractivity contribution is 0.567. The number of pyridine rings is 1. The van der Waals surface area contributed by atoms with E-state index in [1.54, 1.807) is 36.7 Å². The van der Waals surface area contributed by atoms with Crippen LogP contribution in [0.25, 0.3) is 10.8 Å². The minimum Gasteiger partial charge on any atom is -0.265 e. The lowest BCUT2D eigenvalue weighted by Gasteiger charge is -2.14. The van der Waals surface area contributed by atoms with Crippen molar-refractivity contribution >= 4 is 20.8 Å². The smallest absolute Gasteiger partial charge is 0.241 e. The summed E-state index contributed by atoms with van der Waals surface area (Å²) in [7, 11) is -3.57. The van der Waals surface area contributed by atoms with Gasteiger partial charge in [-0.2, -0.15) is 0 Å². The maximum Gasteiger partial charge on any atom is 0.241 e. The van der Waals surface area contributed by atoms with E-state index in [1.165, 1.54) is 0 Å². The van der Waals surface area contributed by atoms with E-state index >= 15 is 0 Å². The molecule has 2 aromatic carbocycles. The summed E-state index contributed by atoms with van der Waals surface area (Å²) >= 11 is 0. The zero-order valence-electron chi connectivity index (χ0n) is 12.1. The van der Waals surface area contributed by atoms with Gasteiger partial charge in [0, 0.05) is 18.4 Å². The molecule has 22 heavy (non-hydrogen) atoms. The van der Waals surface area contributed by atoms with Crippen molar-refractivity contribution < 1.29 is 8.42 Å². The number of sulfonamides is 1. The van der Waals surface area contributed by atoms with Crippen molar-refractivity contribution in [3.05, 3.63) is 72.6 Å². The van der Waals surface area contributed by atoms with Gasteiger partial charge in [-0.25, -0.2) is 13.1 Å². The minimum atomic E-state index is -3.57. The molecule has 0 radical (unpaired) electrons. The summed E-state index contributed by atoms with van der Waals surface area (Å²) in [4.78, 5) is 4.21. The largest absolute Gasteiger partial charge is 0.265 e. The molecule has 0 fully saturated rings. The molecule has 4 nitrogen and oxygen atoms in total. The number of hydrogen-bond donors (Lipinski definition) is 1. The van der Waals surface area contributed by atoms with E-state index in [-0.39, 0.29) is 10.9 Å². The molecular formula is C17H16N2O2S. The summed E-state index contributed by atoms with van der Waals surface area (Å²) in [5.74, 6) is 0. The van der Waals surface area contributed by atoms with E-state index in [9.17, 15) is 8.42 Å². The predicted molar refractivity (Wildman–Crippen MR) is 86.9 cm³/mol. The fourth-order valence-corrected chi connectivity index (χ4v) is 3.62. The second kappa shape index (κ2) is 5.87. The highest BCUT2D eigenvalue weighted by molar-refractivity contribution is 7.89. The van der Waals surface area contributed by atoms with Gasteiger partial charge >= 0.3 is 0 Å². The van der Waals surface area contributed by atoms with Crippen LogP contribution >= 0.6 is 0 Å². The van der Waals surface area contributed by atoms with Crippen molar-refractivity contribution in [2.45, 2.75) is 17.9 Å². The van der Waals surface area contributed by atoms with Gasteiger partial charge in [-0.1, -0.05) is 30.3 Å². The highest BCUT2D eigenvalue weighted by atomic mass is 32.2. The average Bonchev–Trinajstić information content (AvgIpc) is 2.55. The molecular weight excluding hydrogens is 296 g/mol. The van der Waals surface area contributed by atoms with Crippen molar-refractivity contribution in [3.63, 3.8) is 0 Å². The Morgan fingerprint density at radius 3 is 2.36 bits per heavy atom. The second-order valence-electron chi connectivity index (χ2n) is 5.13. The van der Waals surface area contributed by atoms with Gasteiger partial charge in [-0.3, -0.25) is 4.98 Å². The van der Waals surface area contributed by atoms with Gasteiger partial charge in [0.25, 0.3) is 0 Å². The molecule has 0 amide bonds. The van der Waals surface area contributed by atoms with E-state index in [0.29, 0.717) is 0 Å². The number of nitrogens with one attached hydrogen (secondary N) is 1. The zero-order chi connectivity index (χ0) is 15.6. The van der Waals surface area contributed by atoms with Crippen LogP contribution in [0.5, 0.6) is 0 Å². The van der Waals surface area contributed by atoms with E-state index < -0.39 is 10.0 Å². The highest BCUT2D eigenvalue weighted by Gasteiger charge is 2.18. The molecule has 0 aliphatic heterocycles. The molecule has 1 N–H and O–H groups in total. The molecule has 0 aliphatic carbocycles. The van der Waals surface area contributed by atoms with Crippen LogP contribution in [0.3, 0.4) is 0 Å². The van der Waals surface area contributed by atoms with Gasteiger partial charge in [0.2, 0.25) is 10.0 Å². The number of aromatic nitrogens is 1. The third-order valence-corrected chi connectivity index (χ3v) is 5.11. The Bertz CT molecular complexity index is 893. The molecule has 5 heteroatoms. The van der Waals surface area contributed by atoms with Crippen LogP contribution in [-0.4, -0.2) is 13.4 Å². The topological polar surface area (TPSA) is 59.1 Å². The molecule has 1 aromatic heterocycles. The lowest BCUT2D eigenvalue weighted by atomic mass is 10.1. The summed E-state index contributed by atoms with van der Waals surface area (Å²) in [6.45, 7) is 1.81. The molecule has 0 saturated heterocycles. The Morgan fingerprint density at radius 2 is 1.64 bits per heavy atom. The van der Waals surface area contributed by atoms with Crippen LogP contribution in [0.1, 0.15) is 18.5 Å². The standard InChI is InChI=1S/C17H16N2O2S/c1-13(14-8-10-18-11-9-14)19-22(20,21)17-7-6-15-4-2-3-5-16(15)12-17/h2-13,19H,1H3. The lowest BCUT2D eigenvalue weighted by Crippen LogP contribution is -2.26. The Hall–Kier alpha value is -2.24. The van der Waals surface area contributed by atoms with Crippen LogP contribution in [-0.2, 0) is 10.0 Å². The van der Waals surface area contributed by atoms with Crippen molar-refractivity contribution in [2.24, 2.45) is 0 Å². The Morgan fingerprint density at radius 1 is 0.955 bits per heavy atom. The Balaban J connectivity index is 1.91. The summed E-state index contributed by atoms with van der Waals surface area (Å²) < 4.78 is 27.8. The fraction of sp³-hybridized carbons (Fsp3) is 0.118. The molecule has 0 saturated carbocycles. The maximum atomic E-state index is 12.5. The van der Waals surface area contributed by atoms with Gasteiger partial charge in [0.1, 0.15) is 0 Å². The number of rotatable bonds is 4. The van der Waals surface area contributed by atoms with Crippen LogP contribution in [0.2, 0.25) is 0 Å². The zero-order valence-corrected chi connectivity index (χ0v) is 12.9. The molecule has 0 spiro atoms. The summed E-state index contributed by atoms with van der Waals surface area (Å²) in [5.41, 5.74) is 0.874. The van der Waals surface area contributed by atoms with Crippen molar-refractivity contribution in [2.75, 3.05) is 0 Å². The number of hydrogen-bond acceptors (Lipinski definition) is 3. The molecule has 1 heterocycles. The quantitative estimate of drug-likeness (QED) is 0.804. The first-order chi connectivity index (χ1) is 10.6. The molecule has 3 rings (SSSR count). The summed E-state index contributed by atoms with van der Waals surface area (Å²) in [6.07, 6.45) is 3.30. The van der Waals surface area contributed by atoms with Crippen LogP contribution < -0.4 is 4.72 Å². The third-order valence-electron chi connectivity index (χ3n) is 3.57. The van der Waals surface area contributed by atoms with Gasteiger partial charge in [-0.15, -0.1) is 0 Å². The van der Waals surface area contributed by atoms with Crippen LogP contribution in [0.4, 0.5) is 0 Å². The summed E-state index contributed by atoms with van der Waals surface area (Å²) in [5, 5.41) is 1.92. The van der Waals surface area contributed by atoms with Crippen molar-refractivity contribution in [1.29, 1.82) is 0 Å². The first-order valence-corrected chi connectivity index (χ1v) is 8.46. The molecule has 1 unspecified atom stereocenters. The number of fused-ring (bicyclic) bond motifs is 1. The van der Waals surface area contributed by atoms with Crippen LogP contribution in [0, 0.1) is 0 Å². The normalized spacial score (nSPS) is 13.1. The highest BCUT2D eigenvalue weighted by Crippen LogP contribution is 2.21. The van der Waals surface area contributed by atoms with Gasteiger partial charge in [0.15, 0.2) is 0 Å². The first kappa shape index (κ1) is 14.7. The second-order valence-corrected chi connectivity index (χ2v) is 6.85. The van der Waals surface area contributed by atoms with E-state index in [0.717, 1.165) is 16.3 Å². The average molecular weight is 312 g/mol.